The van der Waals surface area contributed by atoms with Crippen LogP contribution in [0.25, 0.3) is 0 Å². The molecule has 3 rings (SSSR count). The van der Waals surface area contributed by atoms with Gasteiger partial charge in [-0.25, -0.2) is 4.79 Å². The predicted molar refractivity (Wildman–Crippen MR) is 99.2 cm³/mol. The Morgan fingerprint density at radius 3 is 2.72 bits per heavy atom. The molecule has 1 aliphatic heterocycles. The van der Waals surface area contributed by atoms with E-state index in [1.54, 1.807) is 18.2 Å². The fourth-order valence-corrected chi connectivity index (χ4v) is 2.95. The van der Waals surface area contributed by atoms with Crippen molar-refractivity contribution in [1.29, 1.82) is 0 Å². The van der Waals surface area contributed by atoms with Crippen LogP contribution in [0, 0.1) is 0 Å². The molecule has 7 heteroatoms. The van der Waals surface area contributed by atoms with E-state index < -0.39 is 0 Å². The summed E-state index contributed by atoms with van der Waals surface area (Å²) in [5.41, 5.74) is 1.40. The molecule has 25 heavy (non-hydrogen) atoms. The first-order valence-electron chi connectivity index (χ1n) is 7.94. The van der Waals surface area contributed by atoms with E-state index in [9.17, 15) is 4.79 Å². The number of nitrogens with zero attached hydrogens (tertiary/aromatic N) is 1. The van der Waals surface area contributed by atoms with Crippen molar-refractivity contribution in [2.24, 2.45) is 0 Å². The molecule has 1 heterocycles. The van der Waals surface area contributed by atoms with Crippen LogP contribution in [-0.2, 0) is 0 Å². The molecule has 0 saturated carbocycles. The number of carbonyl (C=O) groups is 1. The Labute approximate surface area is 151 Å². The normalized spacial score (nSPS) is 15.4. The highest BCUT2D eigenvalue weighted by Gasteiger charge is 2.21. The van der Waals surface area contributed by atoms with Crippen LogP contribution in [-0.4, -0.2) is 39.4 Å². The number of para-hydroxylation sites is 3. The second kappa shape index (κ2) is 7.53. The fourth-order valence-electron chi connectivity index (χ4n) is 2.61. The molecule has 1 atom stereocenters. The third-order valence-corrected chi connectivity index (χ3v) is 4.05. The number of hydrogen-bond acceptors (Lipinski definition) is 4. The van der Waals surface area contributed by atoms with Gasteiger partial charge in [0, 0.05) is 14.1 Å². The van der Waals surface area contributed by atoms with Crippen molar-refractivity contribution in [3.05, 3.63) is 47.5 Å². The molecule has 1 unspecified atom stereocenters. The third-order valence-electron chi connectivity index (χ3n) is 3.74. The molecule has 2 aromatic rings. The van der Waals surface area contributed by atoms with Crippen LogP contribution in [0.1, 0.15) is 0 Å². The largest absolute Gasteiger partial charge is 0.486 e. The van der Waals surface area contributed by atoms with Gasteiger partial charge in [0.05, 0.1) is 22.9 Å². The third kappa shape index (κ3) is 4.09. The minimum absolute atomic E-state index is 0.242. The van der Waals surface area contributed by atoms with Gasteiger partial charge in [-0.15, -0.1) is 0 Å². The van der Waals surface area contributed by atoms with Crippen molar-refractivity contribution in [1.82, 2.24) is 5.32 Å². The van der Waals surface area contributed by atoms with Crippen molar-refractivity contribution in [2.75, 3.05) is 37.5 Å². The Morgan fingerprint density at radius 2 is 1.96 bits per heavy atom. The fraction of sp³-hybridized carbons (Fsp3) is 0.278. The summed E-state index contributed by atoms with van der Waals surface area (Å²) >= 11 is 6.20. The Balaban J connectivity index is 1.57. The lowest BCUT2D eigenvalue weighted by molar-refractivity contribution is 0.0922. The van der Waals surface area contributed by atoms with Crippen LogP contribution in [0.3, 0.4) is 0 Å². The maximum absolute atomic E-state index is 12.2. The smallest absolute Gasteiger partial charge is 0.319 e. The molecule has 0 radical (unpaired) electrons. The van der Waals surface area contributed by atoms with E-state index >= 15 is 0 Å². The van der Waals surface area contributed by atoms with Crippen molar-refractivity contribution < 1.29 is 14.3 Å². The minimum Gasteiger partial charge on any atom is -0.486 e. The van der Waals surface area contributed by atoms with Gasteiger partial charge in [-0.2, -0.15) is 0 Å². The maximum atomic E-state index is 12.2. The number of urea groups is 1. The van der Waals surface area contributed by atoms with Gasteiger partial charge in [-0.3, -0.25) is 0 Å². The summed E-state index contributed by atoms with van der Waals surface area (Å²) in [6, 6.07) is 12.5. The minimum atomic E-state index is -0.326. The molecule has 132 valence electrons. The lowest BCUT2D eigenvalue weighted by Gasteiger charge is -2.26. The molecule has 2 amide bonds. The highest BCUT2D eigenvalue weighted by Crippen LogP contribution is 2.32. The number of fused-ring (bicyclic) bond motifs is 1. The Bertz CT molecular complexity index is 767. The molecule has 0 aliphatic carbocycles. The standard InChI is InChI=1S/C18H20ClN3O3/c1-22(2)17-13(19)6-5-7-14(17)21-18(23)20-10-12-11-24-15-8-3-4-9-16(15)25-12/h3-9,12H,10-11H2,1-2H3,(H2,20,21,23). The van der Waals surface area contributed by atoms with Gasteiger partial charge in [0.1, 0.15) is 6.61 Å². The van der Waals surface area contributed by atoms with E-state index in [2.05, 4.69) is 10.6 Å². The second-order valence-corrected chi connectivity index (χ2v) is 6.27. The lowest BCUT2D eigenvalue weighted by Crippen LogP contribution is -2.42. The van der Waals surface area contributed by atoms with Gasteiger partial charge >= 0.3 is 6.03 Å². The molecule has 0 bridgehead atoms. The summed E-state index contributed by atoms with van der Waals surface area (Å²) < 4.78 is 11.4. The lowest BCUT2D eigenvalue weighted by atomic mass is 10.2. The zero-order valence-corrected chi connectivity index (χ0v) is 14.8. The zero-order chi connectivity index (χ0) is 17.8. The number of carbonyl (C=O) groups excluding carboxylic acids is 1. The molecule has 0 aromatic heterocycles. The van der Waals surface area contributed by atoms with Crippen molar-refractivity contribution in [3.63, 3.8) is 0 Å². The first-order chi connectivity index (χ1) is 12.0. The summed E-state index contributed by atoms with van der Waals surface area (Å²) in [6.07, 6.45) is -0.242. The number of amides is 2. The zero-order valence-electron chi connectivity index (χ0n) is 14.1. The summed E-state index contributed by atoms with van der Waals surface area (Å²) in [6.45, 7) is 0.718. The molecule has 1 aliphatic rings. The molecule has 0 fully saturated rings. The number of halogens is 1. The molecular formula is C18H20ClN3O3. The van der Waals surface area contributed by atoms with Crippen LogP contribution in [0.5, 0.6) is 11.5 Å². The first kappa shape index (κ1) is 17.2. The number of ether oxygens (including phenoxy) is 2. The van der Waals surface area contributed by atoms with Crippen molar-refractivity contribution >= 4 is 29.0 Å². The Hall–Kier alpha value is -2.60. The highest BCUT2D eigenvalue weighted by atomic mass is 35.5. The average molecular weight is 362 g/mol. The molecule has 2 aromatic carbocycles. The second-order valence-electron chi connectivity index (χ2n) is 5.86. The number of hydrogen-bond donors (Lipinski definition) is 2. The number of rotatable bonds is 4. The summed E-state index contributed by atoms with van der Waals surface area (Å²) in [5, 5.41) is 6.19. The van der Waals surface area contributed by atoms with Crippen LogP contribution < -0.4 is 25.0 Å². The number of nitrogens with one attached hydrogen (secondary N) is 2. The Kier molecular flexibility index (Phi) is 5.19. The molecular weight excluding hydrogens is 342 g/mol. The number of anilines is 2. The maximum Gasteiger partial charge on any atom is 0.319 e. The summed E-state index contributed by atoms with van der Waals surface area (Å²) in [5.74, 6) is 1.41. The van der Waals surface area contributed by atoms with Gasteiger partial charge in [0.2, 0.25) is 0 Å². The first-order valence-corrected chi connectivity index (χ1v) is 8.31. The monoisotopic (exact) mass is 361 g/mol. The van der Waals surface area contributed by atoms with E-state index in [1.165, 1.54) is 0 Å². The van der Waals surface area contributed by atoms with Crippen LogP contribution in [0.4, 0.5) is 16.2 Å². The Morgan fingerprint density at radius 1 is 1.20 bits per heavy atom. The number of benzene rings is 2. The quantitative estimate of drug-likeness (QED) is 0.876. The van der Waals surface area contributed by atoms with E-state index in [0.29, 0.717) is 29.6 Å². The van der Waals surface area contributed by atoms with Crippen molar-refractivity contribution in [3.8, 4) is 11.5 Å². The average Bonchev–Trinajstić information content (AvgIpc) is 2.59. The van der Waals surface area contributed by atoms with Gasteiger partial charge in [0.15, 0.2) is 17.6 Å². The predicted octanol–water partition coefficient (Wildman–Crippen LogP) is 3.37. The van der Waals surface area contributed by atoms with E-state index in [1.807, 2.05) is 43.3 Å². The molecule has 0 spiro atoms. The van der Waals surface area contributed by atoms with E-state index in [-0.39, 0.29) is 12.1 Å². The SMILES string of the molecule is CN(C)c1c(Cl)cccc1NC(=O)NCC1COc2ccccc2O1. The molecule has 6 nitrogen and oxygen atoms in total. The van der Waals surface area contributed by atoms with Gasteiger partial charge in [-0.1, -0.05) is 29.8 Å². The van der Waals surface area contributed by atoms with Crippen LogP contribution in [0.2, 0.25) is 5.02 Å². The van der Waals surface area contributed by atoms with E-state index in [0.717, 1.165) is 11.4 Å². The van der Waals surface area contributed by atoms with E-state index in [4.69, 9.17) is 21.1 Å². The van der Waals surface area contributed by atoms with Crippen molar-refractivity contribution in [2.45, 2.75) is 6.10 Å². The topological polar surface area (TPSA) is 62.8 Å². The summed E-state index contributed by atoms with van der Waals surface area (Å²) in [7, 11) is 3.74. The van der Waals surface area contributed by atoms with Gasteiger partial charge in [0.25, 0.3) is 0 Å². The summed E-state index contributed by atoms with van der Waals surface area (Å²) in [4.78, 5) is 14.1. The molecule has 0 saturated heterocycles. The van der Waals surface area contributed by atoms with Crippen LogP contribution >= 0.6 is 11.6 Å². The molecule has 2 N–H and O–H groups in total. The van der Waals surface area contributed by atoms with Crippen LogP contribution in [0.15, 0.2) is 42.5 Å². The van der Waals surface area contributed by atoms with Gasteiger partial charge < -0.3 is 25.0 Å². The van der Waals surface area contributed by atoms with Gasteiger partial charge in [-0.05, 0) is 24.3 Å². The highest BCUT2D eigenvalue weighted by molar-refractivity contribution is 6.34.